The SMILES string of the molecule is CCOC(=O)c1sc(NCC(=O)c2ccc(S(=O)(=O)N3CCCCC3)cc2)c(C(=O)OCC)c1C. The first kappa shape index (κ1) is 26.8. The van der Waals surface area contributed by atoms with E-state index < -0.39 is 22.0 Å². The summed E-state index contributed by atoms with van der Waals surface area (Å²) in [4.78, 5) is 38.0. The molecule has 2 heterocycles. The number of benzene rings is 1. The van der Waals surface area contributed by atoms with Gasteiger partial charge in [0.25, 0.3) is 0 Å². The molecule has 1 N–H and O–H groups in total. The molecule has 0 unspecified atom stereocenters. The molecule has 0 atom stereocenters. The topological polar surface area (TPSA) is 119 Å². The lowest BCUT2D eigenvalue weighted by Gasteiger charge is -2.25. The van der Waals surface area contributed by atoms with Crippen molar-refractivity contribution < 1.29 is 32.3 Å². The number of hydrogen-bond acceptors (Lipinski definition) is 9. The van der Waals surface area contributed by atoms with Crippen LogP contribution in [0.4, 0.5) is 5.00 Å². The Bertz CT molecular complexity index is 1180. The van der Waals surface area contributed by atoms with Gasteiger partial charge in [0.15, 0.2) is 5.78 Å². The Morgan fingerprint density at radius 1 is 0.971 bits per heavy atom. The van der Waals surface area contributed by atoms with Crippen molar-refractivity contribution in [1.29, 1.82) is 0 Å². The van der Waals surface area contributed by atoms with E-state index in [1.54, 1.807) is 20.8 Å². The van der Waals surface area contributed by atoms with Crippen LogP contribution in [0.3, 0.4) is 0 Å². The van der Waals surface area contributed by atoms with Crippen LogP contribution in [0.2, 0.25) is 0 Å². The highest BCUT2D eigenvalue weighted by Gasteiger charge is 2.28. The number of ether oxygens (including phenoxy) is 2. The van der Waals surface area contributed by atoms with Gasteiger partial charge in [0, 0.05) is 18.7 Å². The molecule has 1 aliphatic heterocycles. The Morgan fingerprint density at radius 2 is 1.57 bits per heavy atom. The summed E-state index contributed by atoms with van der Waals surface area (Å²) in [6.45, 7) is 6.19. The number of Topliss-reactive ketones (excluding diaryl/α,β-unsaturated/α-hetero) is 1. The summed E-state index contributed by atoms with van der Waals surface area (Å²) in [5, 5.41) is 3.27. The third kappa shape index (κ3) is 6.09. The number of piperidine rings is 1. The number of carbonyl (C=O) groups excluding carboxylic acids is 3. The molecule has 2 aromatic rings. The van der Waals surface area contributed by atoms with Gasteiger partial charge in [-0.1, -0.05) is 6.42 Å². The lowest BCUT2D eigenvalue weighted by molar-refractivity contribution is 0.0527. The second-order valence-electron chi connectivity index (χ2n) is 7.97. The normalized spacial score (nSPS) is 14.4. The number of nitrogens with zero attached hydrogens (tertiary/aromatic N) is 1. The van der Waals surface area contributed by atoms with Crippen molar-refractivity contribution >= 4 is 44.1 Å². The maximum absolute atomic E-state index is 12.8. The number of anilines is 1. The van der Waals surface area contributed by atoms with Gasteiger partial charge in [-0.2, -0.15) is 4.31 Å². The fraction of sp³-hybridized carbons (Fsp3) is 0.458. The van der Waals surface area contributed by atoms with Crippen LogP contribution in [0.15, 0.2) is 29.2 Å². The number of nitrogens with one attached hydrogen (secondary N) is 1. The van der Waals surface area contributed by atoms with Crippen LogP contribution in [-0.4, -0.2) is 63.3 Å². The average Bonchev–Trinajstić information content (AvgIpc) is 3.19. The molecule has 0 spiro atoms. The van der Waals surface area contributed by atoms with Crippen LogP contribution >= 0.6 is 11.3 Å². The van der Waals surface area contributed by atoms with E-state index in [1.807, 2.05) is 0 Å². The lowest BCUT2D eigenvalue weighted by Crippen LogP contribution is -2.35. The molecule has 1 fully saturated rings. The summed E-state index contributed by atoms with van der Waals surface area (Å²) in [5.41, 5.74) is 0.941. The van der Waals surface area contributed by atoms with Crippen LogP contribution < -0.4 is 5.32 Å². The number of thiophene rings is 1. The molecular formula is C24H30N2O7S2. The Hall–Kier alpha value is -2.76. The minimum atomic E-state index is -3.58. The van der Waals surface area contributed by atoms with Gasteiger partial charge in [0.1, 0.15) is 9.88 Å². The van der Waals surface area contributed by atoms with Crippen LogP contribution in [0.5, 0.6) is 0 Å². The van der Waals surface area contributed by atoms with E-state index in [1.165, 1.54) is 28.6 Å². The number of ketones is 1. The molecule has 0 saturated carbocycles. The van der Waals surface area contributed by atoms with Crippen molar-refractivity contribution in [2.45, 2.75) is 44.9 Å². The van der Waals surface area contributed by atoms with E-state index in [0.29, 0.717) is 29.2 Å². The summed E-state index contributed by atoms with van der Waals surface area (Å²) in [6.07, 6.45) is 2.71. The lowest BCUT2D eigenvalue weighted by atomic mass is 10.1. The molecule has 0 amide bonds. The zero-order chi connectivity index (χ0) is 25.6. The van der Waals surface area contributed by atoms with Gasteiger partial charge in [-0.15, -0.1) is 11.3 Å². The summed E-state index contributed by atoms with van der Waals surface area (Å²) >= 11 is 1.02. The second-order valence-corrected chi connectivity index (χ2v) is 10.9. The minimum absolute atomic E-state index is 0.154. The molecule has 1 aromatic carbocycles. The predicted octanol–water partition coefficient (Wildman–Crippen LogP) is 3.88. The summed E-state index contributed by atoms with van der Waals surface area (Å²) in [7, 11) is -3.58. The highest BCUT2D eigenvalue weighted by molar-refractivity contribution is 7.89. The molecule has 0 radical (unpaired) electrons. The van der Waals surface area contributed by atoms with Crippen molar-refractivity contribution in [2.24, 2.45) is 0 Å². The molecule has 1 aliphatic rings. The Morgan fingerprint density at radius 3 is 2.17 bits per heavy atom. The van der Waals surface area contributed by atoms with Crippen LogP contribution in [0, 0.1) is 6.92 Å². The largest absolute Gasteiger partial charge is 0.462 e. The fourth-order valence-corrected chi connectivity index (χ4v) is 6.41. The van der Waals surface area contributed by atoms with E-state index >= 15 is 0 Å². The van der Waals surface area contributed by atoms with Crippen LogP contribution in [0.25, 0.3) is 0 Å². The first-order valence-electron chi connectivity index (χ1n) is 11.6. The van der Waals surface area contributed by atoms with Gasteiger partial charge in [-0.3, -0.25) is 4.79 Å². The number of carbonyl (C=O) groups is 3. The fourth-order valence-electron chi connectivity index (χ4n) is 3.81. The van der Waals surface area contributed by atoms with Gasteiger partial charge >= 0.3 is 11.9 Å². The molecule has 0 aliphatic carbocycles. The van der Waals surface area contributed by atoms with Crippen molar-refractivity contribution in [3.8, 4) is 0 Å². The second kappa shape index (κ2) is 11.8. The van der Waals surface area contributed by atoms with E-state index in [4.69, 9.17) is 9.47 Å². The van der Waals surface area contributed by atoms with E-state index in [-0.39, 0.29) is 40.9 Å². The molecule has 11 heteroatoms. The number of sulfonamides is 1. The third-order valence-electron chi connectivity index (χ3n) is 5.63. The van der Waals surface area contributed by atoms with Crippen molar-refractivity contribution in [1.82, 2.24) is 4.31 Å². The van der Waals surface area contributed by atoms with Gasteiger partial charge in [0.2, 0.25) is 10.0 Å². The van der Waals surface area contributed by atoms with E-state index in [9.17, 15) is 22.8 Å². The van der Waals surface area contributed by atoms with E-state index in [2.05, 4.69) is 5.32 Å². The molecule has 0 bridgehead atoms. The maximum Gasteiger partial charge on any atom is 0.348 e. The minimum Gasteiger partial charge on any atom is -0.462 e. The van der Waals surface area contributed by atoms with Crippen molar-refractivity contribution in [3.05, 3.63) is 45.8 Å². The molecule has 190 valence electrons. The summed E-state index contributed by atoms with van der Waals surface area (Å²) < 4.78 is 37.3. The molecule has 35 heavy (non-hydrogen) atoms. The van der Waals surface area contributed by atoms with Gasteiger partial charge in [-0.05, 0) is 63.4 Å². The number of hydrogen-bond donors (Lipinski definition) is 1. The smallest absolute Gasteiger partial charge is 0.348 e. The predicted molar refractivity (Wildman–Crippen MR) is 133 cm³/mol. The first-order valence-corrected chi connectivity index (χ1v) is 13.8. The zero-order valence-corrected chi connectivity index (χ0v) is 21.7. The highest BCUT2D eigenvalue weighted by atomic mass is 32.2. The molecule has 9 nitrogen and oxygen atoms in total. The zero-order valence-electron chi connectivity index (χ0n) is 20.1. The molecular weight excluding hydrogens is 492 g/mol. The number of esters is 2. The Balaban J connectivity index is 1.75. The average molecular weight is 523 g/mol. The monoisotopic (exact) mass is 522 g/mol. The van der Waals surface area contributed by atoms with Crippen LogP contribution in [-0.2, 0) is 19.5 Å². The van der Waals surface area contributed by atoms with Gasteiger partial charge in [0.05, 0.1) is 30.2 Å². The Labute approximate surface area is 209 Å². The molecule has 1 saturated heterocycles. The number of rotatable bonds is 10. The van der Waals surface area contributed by atoms with Crippen LogP contribution in [0.1, 0.15) is 69.1 Å². The van der Waals surface area contributed by atoms with Crippen molar-refractivity contribution in [2.75, 3.05) is 38.2 Å². The van der Waals surface area contributed by atoms with E-state index in [0.717, 1.165) is 30.6 Å². The van der Waals surface area contributed by atoms with Gasteiger partial charge in [-0.25, -0.2) is 18.0 Å². The molecule has 1 aromatic heterocycles. The standard InChI is InChI=1S/C24H30N2O7S2/c1-4-32-23(28)20-16(3)21(24(29)33-5-2)34-22(20)25-15-19(27)17-9-11-18(12-10-17)35(30,31)26-13-7-6-8-14-26/h9-12,25H,4-8,13-15H2,1-3H3. The Kier molecular flexibility index (Phi) is 9.03. The molecule has 3 rings (SSSR count). The highest BCUT2D eigenvalue weighted by Crippen LogP contribution is 2.34. The summed E-state index contributed by atoms with van der Waals surface area (Å²) in [6, 6.07) is 5.85. The van der Waals surface area contributed by atoms with Gasteiger partial charge < -0.3 is 14.8 Å². The third-order valence-corrected chi connectivity index (χ3v) is 8.77. The summed E-state index contributed by atoms with van der Waals surface area (Å²) in [5.74, 6) is -1.45. The quantitative estimate of drug-likeness (QED) is 0.369. The van der Waals surface area contributed by atoms with Crippen molar-refractivity contribution in [3.63, 3.8) is 0 Å². The first-order chi connectivity index (χ1) is 16.7. The maximum atomic E-state index is 12.8.